The van der Waals surface area contributed by atoms with E-state index >= 15 is 0 Å². The minimum atomic E-state index is 0.429. The van der Waals surface area contributed by atoms with E-state index in [4.69, 9.17) is 5.73 Å². The first kappa shape index (κ1) is 12.0. The highest BCUT2D eigenvalue weighted by Crippen LogP contribution is 2.15. The molecule has 1 aromatic heterocycles. The molecule has 0 amide bonds. The fraction of sp³-hybridized carbons (Fsp3) is 0.583. The van der Waals surface area contributed by atoms with Gasteiger partial charge in [0.15, 0.2) is 0 Å². The van der Waals surface area contributed by atoms with E-state index in [-0.39, 0.29) is 0 Å². The molecule has 0 aliphatic heterocycles. The second-order valence-electron chi connectivity index (χ2n) is 4.16. The molecule has 1 heterocycles. The lowest BCUT2D eigenvalue weighted by Gasteiger charge is -2.09. The Morgan fingerprint density at radius 2 is 2.13 bits per heavy atom. The van der Waals surface area contributed by atoms with Gasteiger partial charge < -0.3 is 11.1 Å². The summed E-state index contributed by atoms with van der Waals surface area (Å²) >= 11 is 0. The standard InChI is InChI=1S/C12H21N3/c1-4-5-14-8-10-6-11(9(2)3)15-12(13)7-10/h6-7,9,14H,4-5,8H2,1-3H3,(H2,13,15). The van der Waals surface area contributed by atoms with Crippen LogP contribution in [0.5, 0.6) is 0 Å². The van der Waals surface area contributed by atoms with Gasteiger partial charge >= 0.3 is 0 Å². The molecule has 0 radical (unpaired) electrons. The van der Waals surface area contributed by atoms with Crippen molar-refractivity contribution in [1.82, 2.24) is 10.3 Å². The zero-order valence-electron chi connectivity index (χ0n) is 9.88. The zero-order chi connectivity index (χ0) is 11.3. The molecule has 0 aliphatic rings. The summed E-state index contributed by atoms with van der Waals surface area (Å²) in [6.45, 7) is 8.34. The summed E-state index contributed by atoms with van der Waals surface area (Å²) in [5, 5.41) is 3.36. The summed E-state index contributed by atoms with van der Waals surface area (Å²) in [5.74, 6) is 1.05. The maximum absolute atomic E-state index is 5.76. The second kappa shape index (κ2) is 5.71. The molecule has 0 fully saturated rings. The van der Waals surface area contributed by atoms with E-state index < -0.39 is 0 Å². The Balaban J connectivity index is 2.71. The number of nitrogens with zero attached hydrogens (tertiary/aromatic N) is 1. The predicted octanol–water partition coefficient (Wildman–Crippen LogP) is 2.29. The van der Waals surface area contributed by atoms with Crippen LogP contribution in [-0.4, -0.2) is 11.5 Å². The Hall–Kier alpha value is -1.09. The van der Waals surface area contributed by atoms with E-state index in [1.165, 1.54) is 5.56 Å². The van der Waals surface area contributed by atoms with Gasteiger partial charge in [-0.25, -0.2) is 4.98 Å². The number of nitrogens with one attached hydrogen (secondary N) is 1. The van der Waals surface area contributed by atoms with Gasteiger partial charge in [0.2, 0.25) is 0 Å². The molecular formula is C12H21N3. The molecule has 3 N–H and O–H groups in total. The van der Waals surface area contributed by atoms with Crippen molar-refractivity contribution in [3.8, 4) is 0 Å². The summed E-state index contributed by atoms with van der Waals surface area (Å²) in [5.41, 5.74) is 8.06. The van der Waals surface area contributed by atoms with Crippen molar-refractivity contribution in [2.75, 3.05) is 12.3 Å². The van der Waals surface area contributed by atoms with E-state index in [1.54, 1.807) is 0 Å². The highest BCUT2D eigenvalue weighted by Gasteiger charge is 2.04. The molecule has 3 nitrogen and oxygen atoms in total. The molecule has 1 aromatic rings. The largest absolute Gasteiger partial charge is 0.384 e. The molecule has 0 unspecified atom stereocenters. The summed E-state index contributed by atoms with van der Waals surface area (Å²) < 4.78 is 0. The molecule has 84 valence electrons. The van der Waals surface area contributed by atoms with Crippen LogP contribution in [0.3, 0.4) is 0 Å². The third kappa shape index (κ3) is 3.88. The van der Waals surface area contributed by atoms with Crippen molar-refractivity contribution >= 4 is 5.82 Å². The SMILES string of the molecule is CCCNCc1cc(N)nc(C(C)C)c1. The Morgan fingerprint density at radius 1 is 1.40 bits per heavy atom. The van der Waals surface area contributed by atoms with E-state index in [0.29, 0.717) is 11.7 Å². The molecule has 0 spiro atoms. The number of pyridine rings is 1. The average Bonchev–Trinajstić information content (AvgIpc) is 2.17. The Kier molecular flexibility index (Phi) is 4.56. The van der Waals surface area contributed by atoms with E-state index in [1.807, 2.05) is 6.07 Å². The summed E-state index contributed by atoms with van der Waals surface area (Å²) in [6, 6.07) is 4.07. The van der Waals surface area contributed by atoms with Crippen molar-refractivity contribution < 1.29 is 0 Å². The molecule has 0 saturated heterocycles. The van der Waals surface area contributed by atoms with Crippen molar-refractivity contribution in [3.63, 3.8) is 0 Å². The van der Waals surface area contributed by atoms with Gasteiger partial charge in [-0.15, -0.1) is 0 Å². The van der Waals surface area contributed by atoms with Gasteiger partial charge in [0.1, 0.15) is 5.82 Å². The summed E-state index contributed by atoms with van der Waals surface area (Å²) in [6.07, 6.45) is 1.15. The third-order valence-electron chi connectivity index (χ3n) is 2.27. The Labute approximate surface area is 92.1 Å². The maximum Gasteiger partial charge on any atom is 0.123 e. The Morgan fingerprint density at radius 3 is 2.73 bits per heavy atom. The molecule has 1 rings (SSSR count). The Bertz CT molecular complexity index is 308. The van der Waals surface area contributed by atoms with Crippen LogP contribution in [0.2, 0.25) is 0 Å². The predicted molar refractivity (Wildman–Crippen MR) is 64.7 cm³/mol. The topological polar surface area (TPSA) is 50.9 Å². The quantitative estimate of drug-likeness (QED) is 0.728. The molecule has 0 aromatic carbocycles. The van der Waals surface area contributed by atoms with Gasteiger partial charge in [-0.2, -0.15) is 0 Å². The molecule has 0 atom stereocenters. The van der Waals surface area contributed by atoms with E-state index in [9.17, 15) is 0 Å². The van der Waals surface area contributed by atoms with Gasteiger partial charge in [0.25, 0.3) is 0 Å². The number of aromatic nitrogens is 1. The maximum atomic E-state index is 5.76. The second-order valence-corrected chi connectivity index (χ2v) is 4.16. The summed E-state index contributed by atoms with van der Waals surface area (Å²) in [7, 11) is 0. The van der Waals surface area contributed by atoms with Gasteiger partial charge in [-0.1, -0.05) is 20.8 Å². The minimum Gasteiger partial charge on any atom is -0.384 e. The van der Waals surface area contributed by atoms with Crippen molar-refractivity contribution in [1.29, 1.82) is 0 Å². The first-order chi connectivity index (χ1) is 7.13. The van der Waals surface area contributed by atoms with Crippen LogP contribution < -0.4 is 11.1 Å². The fourth-order valence-corrected chi connectivity index (χ4v) is 1.44. The van der Waals surface area contributed by atoms with Crippen LogP contribution in [0.4, 0.5) is 5.82 Å². The molecule has 0 saturated carbocycles. The number of nitrogen functional groups attached to an aromatic ring is 1. The van der Waals surface area contributed by atoms with Crippen LogP contribution >= 0.6 is 0 Å². The zero-order valence-corrected chi connectivity index (χ0v) is 9.88. The van der Waals surface area contributed by atoms with Gasteiger partial charge in [-0.05, 0) is 36.6 Å². The highest BCUT2D eigenvalue weighted by atomic mass is 14.9. The van der Waals surface area contributed by atoms with Crippen LogP contribution in [0.25, 0.3) is 0 Å². The molecule has 0 aliphatic carbocycles. The van der Waals surface area contributed by atoms with Gasteiger partial charge in [-0.3, -0.25) is 0 Å². The first-order valence-corrected chi connectivity index (χ1v) is 5.60. The number of hydrogen-bond donors (Lipinski definition) is 2. The first-order valence-electron chi connectivity index (χ1n) is 5.60. The number of nitrogens with two attached hydrogens (primary N) is 1. The van der Waals surface area contributed by atoms with Gasteiger partial charge in [0.05, 0.1) is 0 Å². The average molecular weight is 207 g/mol. The lowest BCUT2D eigenvalue weighted by Crippen LogP contribution is -2.14. The van der Waals surface area contributed by atoms with E-state index in [2.05, 4.69) is 37.1 Å². The van der Waals surface area contributed by atoms with E-state index in [0.717, 1.165) is 25.2 Å². The fourth-order valence-electron chi connectivity index (χ4n) is 1.44. The highest BCUT2D eigenvalue weighted by molar-refractivity contribution is 5.35. The molecule has 0 bridgehead atoms. The normalized spacial score (nSPS) is 10.9. The third-order valence-corrected chi connectivity index (χ3v) is 2.27. The van der Waals surface area contributed by atoms with Crippen LogP contribution in [0.15, 0.2) is 12.1 Å². The van der Waals surface area contributed by atoms with Gasteiger partial charge in [0, 0.05) is 12.2 Å². The monoisotopic (exact) mass is 207 g/mol. The lowest BCUT2D eigenvalue weighted by molar-refractivity contribution is 0.673. The lowest BCUT2D eigenvalue weighted by atomic mass is 10.1. The molecule has 3 heteroatoms. The number of anilines is 1. The van der Waals surface area contributed by atoms with Crippen LogP contribution in [0.1, 0.15) is 44.4 Å². The van der Waals surface area contributed by atoms with Crippen LogP contribution in [-0.2, 0) is 6.54 Å². The molecule has 15 heavy (non-hydrogen) atoms. The molecular weight excluding hydrogens is 186 g/mol. The summed E-state index contributed by atoms with van der Waals surface area (Å²) in [4.78, 5) is 4.31. The minimum absolute atomic E-state index is 0.429. The van der Waals surface area contributed by atoms with Crippen LogP contribution in [0, 0.1) is 0 Å². The number of rotatable bonds is 5. The van der Waals surface area contributed by atoms with Crippen molar-refractivity contribution in [3.05, 3.63) is 23.4 Å². The number of hydrogen-bond acceptors (Lipinski definition) is 3. The van der Waals surface area contributed by atoms with Crippen molar-refractivity contribution in [2.45, 2.75) is 39.7 Å². The smallest absolute Gasteiger partial charge is 0.123 e. The van der Waals surface area contributed by atoms with Crippen molar-refractivity contribution in [2.24, 2.45) is 0 Å².